The molecule has 1 amide bonds. The first-order valence-electron chi connectivity index (χ1n) is 8.91. The number of nitrogens with one attached hydrogen (secondary N) is 1. The molecule has 10 heteroatoms. The predicted octanol–water partition coefficient (Wildman–Crippen LogP) is 3.49. The van der Waals surface area contributed by atoms with Crippen molar-refractivity contribution in [2.75, 3.05) is 27.2 Å². The Bertz CT molecular complexity index is 1100. The van der Waals surface area contributed by atoms with Crippen LogP contribution in [0.25, 0.3) is 22.8 Å². The van der Waals surface area contributed by atoms with Gasteiger partial charge < -0.3 is 14.6 Å². The highest BCUT2D eigenvalue weighted by molar-refractivity contribution is 5.99. The van der Waals surface area contributed by atoms with Crippen LogP contribution in [0.3, 0.4) is 0 Å². The number of para-hydroxylation sites is 1. The van der Waals surface area contributed by atoms with Gasteiger partial charge in [0.15, 0.2) is 23.1 Å². The van der Waals surface area contributed by atoms with Crippen molar-refractivity contribution in [3.05, 3.63) is 69.9 Å². The summed E-state index contributed by atoms with van der Waals surface area (Å²) in [6.07, 6.45) is 0. The minimum Gasteiger partial charge on any atom is -0.435 e. The molecular formula is C20H18F2N4O4. The number of carbonyl (C=O) groups is 1. The van der Waals surface area contributed by atoms with Gasteiger partial charge in [-0.25, -0.2) is 13.8 Å². The lowest BCUT2D eigenvalue weighted by Gasteiger charge is -2.09. The second kappa shape index (κ2) is 8.78. The Morgan fingerprint density at radius 2 is 1.93 bits per heavy atom. The van der Waals surface area contributed by atoms with Gasteiger partial charge in [-0.05, 0) is 38.4 Å². The highest BCUT2D eigenvalue weighted by atomic mass is 19.2. The number of nitro groups is 1. The van der Waals surface area contributed by atoms with E-state index >= 15 is 0 Å². The lowest BCUT2D eigenvalue weighted by atomic mass is 10.1. The number of oxazole rings is 1. The van der Waals surface area contributed by atoms with Crippen molar-refractivity contribution >= 4 is 11.6 Å². The van der Waals surface area contributed by atoms with Gasteiger partial charge in [0.2, 0.25) is 5.89 Å². The molecule has 0 saturated carbocycles. The Kier molecular flexibility index (Phi) is 6.17. The van der Waals surface area contributed by atoms with Crippen LogP contribution in [-0.2, 0) is 0 Å². The van der Waals surface area contributed by atoms with E-state index in [1.165, 1.54) is 24.3 Å². The maximum absolute atomic E-state index is 13.6. The highest BCUT2D eigenvalue weighted by Crippen LogP contribution is 2.35. The van der Waals surface area contributed by atoms with Crippen LogP contribution < -0.4 is 5.32 Å². The first kappa shape index (κ1) is 21.1. The molecule has 3 rings (SSSR count). The largest absolute Gasteiger partial charge is 0.435 e. The summed E-state index contributed by atoms with van der Waals surface area (Å²) in [5.74, 6) is -3.08. The first-order valence-corrected chi connectivity index (χ1v) is 8.91. The zero-order valence-corrected chi connectivity index (χ0v) is 16.2. The van der Waals surface area contributed by atoms with E-state index in [2.05, 4.69) is 10.3 Å². The Hall–Kier alpha value is -3.66. The predicted molar refractivity (Wildman–Crippen MR) is 105 cm³/mol. The molecule has 0 atom stereocenters. The van der Waals surface area contributed by atoms with Gasteiger partial charge in [-0.2, -0.15) is 0 Å². The fourth-order valence-electron chi connectivity index (χ4n) is 2.71. The first-order chi connectivity index (χ1) is 14.3. The third kappa shape index (κ3) is 4.49. The molecule has 0 aliphatic heterocycles. The standard InChI is InChI=1S/C20H18F2N4O4/c1-25(2)10-9-23-19(27)17-18(13-5-3-4-6-16(13)26(28)29)30-20(24-17)12-7-8-14(21)15(22)11-12/h3-8,11H,9-10H2,1-2H3,(H,23,27). The molecule has 2 aromatic carbocycles. The number of likely N-dealkylation sites (N-methyl/N-ethyl adjacent to an activating group) is 1. The van der Waals surface area contributed by atoms with E-state index in [9.17, 15) is 23.7 Å². The summed E-state index contributed by atoms with van der Waals surface area (Å²) in [7, 11) is 3.67. The van der Waals surface area contributed by atoms with E-state index in [1.807, 2.05) is 19.0 Å². The molecule has 0 fully saturated rings. The number of rotatable bonds is 7. The molecular weight excluding hydrogens is 398 g/mol. The zero-order chi connectivity index (χ0) is 21.8. The van der Waals surface area contributed by atoms with Gasteiger partial charge in [0.1, 0.15) is 0 Å². The zero-order valence-electron chi connectivity index (χ0n) is 16.2. The Morgan fingerprint density at radius 1 is 1.20 bits per heavy atom. The number of hydrogen-bond donors (Lipinski definition) is 1. The highest BCUT2D eigenvalue weighted by Gasteiger charge is 2.27. The maximum atomic E-state index is 13.6. The number of amides is 1. The molecule has 0 aliphatic carbocycles. The average molecular weight is 416 g/mol. The van der Waals surface area contributed by atoms with Crippen LogP contribution in [0, 0.1) is 21.7 Å². The number of hydrogen-bond acceptors (Lipinski definition) is 6. The van der Waals surface area contributed by atoms with Gasteiger partial charge in [-0.1, -0.05) is 12.1 Å². The molecule has 0 aliphatic rings. The molecule has 8 nitrogen and oxygen atoms in total. The number of halogens is 2. The van der Waals surface area contributed by atoms with E-state index in [1.54, 1.807) is 6.07 Å². The van der Waals surface area contributed by atoms with Crippen molar-refractivity contribution in [1.29, 1.82) is 0 Å². The average Bonchev–Trinajstić information content (AvgIpc) is 3.15. The summed E-state index contributed by atoms with van der Waals surface area (Å²) in [5.41, 5.74) is -0.349. The van der Waals surface area contributed by atoms with Gasteiger partial charge in [0, 0.05) is 24.7 Å². The minimum atomic E-state index is -1.12. The topological polar surface area (TPSA) is 102 Å². The number of carbonyl (C=O) groups excluding carboxylic acids is 1. The van der Waals surface area contributed by atoms with Crippen molar-refractivity contribution in [3.8, 4) is 22.8 Å². The van der Waals surface area contributed by atoms with Crippen molar-refractivity contribution < 1.29 is 22.9 Å². The third-order valence-corrected chi connectivity index (χ3v) is 4.20. The lowest BCUT2D eigenvalue weighted by molar-refractivity contribution is -0.384. The van der Waals surface area contributed by atoms with Crippen LogP contribution in [0.1, 0.15) is 10.5 Å². The minimum absolute atomic E-state index is 0.0431. The van der Waals surface area contributed by atoms with Gasteiger partial charge >= 0.3 is 0 Å². The van der Waals surface area contributed by atoms with Crippen LogP contribution in [0.2, 0.25) is 0 Å². The van der Waals surface area contributed by atoms with Crippen LogP contribution in [0.15, 0.2) is 46.9 Å². The fraction of sp³-hybridized carbons (Fsp3) is 0.200. The number of nitro benzene ring substituents is 1. The van der Waals surface area contributed by atoms with Crippen molar-refractivity contribution in [1.82, 2.24) is 15.2 Å². The summed E-state index contributed by atoms with van der Waals surface area (Å²) in [6, 6.07) is 8.73. The summed E-state index contributed by atoms with van der Waals surface area (Å²) in [6.45, 7) is 0.857. The van der Waals surface area contributed by atoms with E-state index in [4.69, 9.17) is 4.42 Å². The normalized spacial score (nSPS) is 11.0. The van der Waals surface area contributed by atoms with Gasteiger partial charge in [0.25, 0.3) is 11.6 Å². The van der Waals surface area contributed by atoms with Crippen LogP contribution in [0.4, 0.5) is 14.5 Å². The summed E-state index contributed by atoms with van der Waals surface area (Å²) >= 11 is 0. The molecule has 1 aromatic heterocycles. The second-order valence-corrected chi connectivity index (χ2v) is 6.66. The molecule has 0 unspecified atom stereocenters. The quantitative estimate of drug-likeness (QED) is 0.467. The van der Waals surface area contributed by atoms with E-state index in [-0.39, 0.29) is 34.2 Å². The maximum Gasteiger partial charge on any atom is 0.280 e. The van der Waals surface area contributed by atoms with E-state index < -0.39 is 22.5 Å². The van der Waals surface area contributed by atoms with E-state index in [0.29, 0.717) is 13.1 Å². The van der Waals surface area contributed by atoms with E-state index in [0.717, 1.165) is 12.1 Å². The van der Waals surface area contributed by atoms with Crippen molar-refractivity contribution in [3.63, 3.8) is 0 Å². The Labute approximate surface area is 170 Å². The number of aromatic nitrogens is 1. The van der Waals surface area contributed by atoms with Crippen LogP contribution >= 0.6 is 0 Å². The molecule has 1 heterocycles. The summed E-state index contributed by atoms with van der Waals surface area (Å²) in [5, 5.41) is 14.1. The fourth-order valence-corrected chi connectivity index (χ4v) is 2.71. The molecule has 30 heavy (non-hydrogen) atoms. The van der Waals surface area contributed by atoms with Crippen LogP contribution in [0.5, 0.6) is 0 Å². The van der Waals surface area contributed by atoms with Crippen LogP contribution in [-0.4, -0.2) is 47.9 Å². The molecule has 0 bridgehead atoms. The van der Waals surface area contributed by atoms with Gasteiger partial charge in [-0.15, -0.1) is 0 Å². The summed E-state index contributed by atoms with van der Waals surface area (Å²) < 4.78 is 32.6. The molecule has 3 aromatic rings. The van der Waals surface area contributed by atoms with Gasteiger partial charge in [0.05, 0.1) is 10.5 Å². The summed E-state index contributed by atoms with van der Waals surface area (Å²) in [4.78, 5) is 29.5. The second-order valence-electron chi connectivity index (χ2n) is 6.66. The SMILES string of the molecule is CN(C)CCNC(=O)c1nc(-c2ccc(F)c(F)c2)oc1-c1ccccc1[N+](=O)[O-]. The molecule has 156 valence electrons. The molecule has 0 radical (unpaired) electrons. The smallest absolute Gasteiger partial charge is 0.280 e. The number of benzene rings is 2. The van der Waals surface area contributed by atoms with Gasteiger partial charge in [-0.3, -0.25) is 14.9 Å². The molecule has 0 saturated heterocycles. The Morgan fingerprint density at radius 3 is 2.60 bits per heavy atom. The van der Waals surface area contributed by atoms with Crippen molar-refractivity contribution in [2.45, 2.75) is 0 Å². The molecule has 1 N–H and O–H groups in total. The lowest BCUT2D eigenvalue weighted by Crippen LogP contribution is -2.31. The monoisotopic (exact) mass is 416 g/mol. The number of nitrogens with zero attached hydrogens (tertiary/aromatic N) is 3. The third-order valence-electron chi connectivity index (χ3n) is 4.20. The Balaban J connectivity index is 2.09. The van der Waals surface area contributed by atoms with Crippen molar-refractivity contribution in [2.24, 2.45) is 0 Å². The molecule has 0 spiro atoms.